The highest BCUT2D eigenvalue weighted by Crippen LogP contribution is 2.16. The minimum atomic E-state index is -0.336. The number of aromatic nitrogens is 3. The average molecular weight is 296 g/mol. The van der Waals surface area contributed by atoms with E-state index >= 15 is 0 Å². The zero-order valence-electron chi connectivity index (χ0n) is 11.5. The van der Waals surface area contributed by atoms with Crippen LogP contribution in [0.25, 0.3) is 0 Å². The third kappa shape index (κ3) is 3.19. The lowest BCUT2D eigenvalue weighted by molar-refractivity contribution is -0.116. The van der Waals surface area contributed by atoms with E-state index in [2.05, 4.69) is 15.5 Å². The van der Waals surface area contributed by atoms with Crippen LogP contribution in [0, 0.1) is 22.7 Å². The zero-order valence-corrected chi connectivity index (χ0v) is 11.5. The summed E-state index contributed by atoms with van der Waals surface area (Å²) >= 11 is 0. The van der Waals surface area contributed by atoms with Crippen molar-refractivity contribution in [3.63, 3.8) is 0 Å². The summed E-state index contributed by atoms with van der Waals surface area (Å²) in [4.78, 5) is 22.7. The number of hydrogen-bond acceptors (Lipinski definition) is 5. The molecule has 0 spiro atoms. The van der Waals surface area contributed by atoms with Gasteiger partial charge in [-0.1, -0.05) is 0 Å². The second-order valence-corrected chi connectivity index (χ2v) is 4.41. The maximum absolute atomic E-state index is 11.9. The second kappa shape index (κ2) is 6.86. The Hall–Kier alpha value is -3.39. The lowest BCUT2D eigenvalue weighted by Crippen LogP contribution is -2.16. The summed E-state index contributed by atoms with van der Waals surface area (Å²) in [6, 6.07) is 7.19. The lowest BCUT2D eigenvalue weighted by atomic mass is 10.2. The number of hydrogen-bond donors (Lipinski definition) is 2. The molecule has 0 atom stereocenters. The Morgan fingerprint density at radius 3 is 3.00 bits per heavy atom. The van der Waals surface area contributed by atoms with Gasteiger partial charge in [-0.3, -0.25) is 14.7 Å². The van der Waals surface area contributed by atoms with Crippen LogP contribution in [0.5, 0.6) is 0 Å². The number of carbonyl (C=O) groups excluding carboxylic acids is 2. The minimum Gasteiger partial charge on any atom is -0.345 e. The van der Waals surface area contributed by atoms with Gasteiger partial charge in [-0.05, 0) is 12.1 Å². The van der Waals surface area contributed by atoms with Crippen molar-refractivity contribution in [2.45, 2.75) is 19.4 Å². The van der Waals surface area contributed by atoms with Crippen LogP contribution in [0.1, 0.15) is 28.2 Å². The van der Waals surface area contributed by atoms with Gasteiger partial charge in [0.15, 0.2) is 12.1 Å². The quantitative estimate of drug-likeness (QED) is 0.768. The topological polar surface area (TPSA) is 127 Å². The molecule has 2 N–H and O–H groups in total. The standard InChI is InChI=1S/C14H12N6O2/c15-5-3-12-11(8-16)14(19-18-12)17-13(22)4-7-20-6-1-2-10(20)9-21/h1-2,6,9H,3-4,7H2,(H2,17,18,19,22). The van der Waals surface area contributed by atoms with E-state index in [9.17, 15) is 9.59 Å². The number of amides is 1. The molecule has 0 bridgehead atoms. The van der Waals surface area contributed by atoms with Gasteiger partial charge < -0.3 is 9.88 Å². The number of carbonyl (C=O) groups is 2. The predicted molar refractivity (Wildman–Crippen MR) is 75.7 cm³/mol. The van der Waals surface area contributed by atoms with Crippen LogP contribution in [0.2, 0.25) is 0 Å². The van der Waals surface area contributed by atoms with Gasteiger partial charge in [0, 0.05) is 19.2 Å². The first-order chi connectivity index (χ1) is 10.7. The second-order valence-electron chi connectivity index (χ2n) is 4.41. The summed E-state index contributed by atoms with van der Waals surface area (Å²) in [5.74, 6) is -0.224. The summed E-state index contributed by atoms with van der Waals surface area (Å²) in [7, 11) is 0. The van der Waals surface area contributed by atoms with Gasteiger partial charge in [-0.2, -0.15) is 15.6 Å². The van der Waals surface area contributed by atoms with Gasteiger partial charge in [0.05, 0.1) is 23.9 Å². The molecule has 1 amide bonds. The van der Waals surface area contributed by atoms with Gasteiger partial charge >= 0.3 is 0 Å². The largest absolute Gasteiger partial charge is 0.345 e. The van der Waals surface area contributed by atoms with E-state index in [1.165, 1.54) is 0 Å². The van der Waals surface area contributed by atoms with Crippen LogP contribution in [0.4, 0.5) is 5.82 Å². The van der Waals surface area contributed by atoms with E-state index in [1.807, 2.05) is 12.1 Å². The molecule has 0 unspecified atom stereocenters. The van der Waals surface area contributed by atoms with Crippen LogP contribution in [0.3, 0.4) is 0 Å². The number of aldehydes is 1. The Labute approximate surface area is 126 Å². The summed E-state index contributed by atoms with van der Waals surface area (Å²) in [6.45, 7) is 0.338. The molecule has 0 radical (unpaired) electrons. The summed E-state index contributed by atoms with van der Waals surface area (Å²) < 4.78 is 1.66. The van der Waals surface area contributed by atoms with Crippen LogP contribution in [-0.2, 0) is 17.8 Å². The monoisotopic (exact) mass is 296 g/mol. The van der Waals surface area contributed by atoms with E-state index in [0.29, 0.717) is 24.2 Å². The molecule has 2 rings (SSSR count). The van der Waals surface area contributed by atoms with Crippen molar-refractivity contribution < 1.29 is 9.59 Å². The first kappa shape index (κ1) is 15.0. The molecule has 8 heteroatoms. The Morgan fingerprint density at radius 2 is 2.32 bits per heavy atom. The SMILES string of the molecule is N#CCc1[nH]nc(NC(=O)CCn2cccc2C=O)c1C#N. The molecule has 0 aliphatic heterocycles. The van der Waals surface area contributed by atoms with Crippen molar-refractivity contribution >= 4 is 18.0 Å². The van der Waals surface area contributed by atoms with Crippen molar-refractivity contribution in [3.8, 4) is 12.1 Å². The highest BCUT2D eigenvalue weighted by Gasteiger charge is 2.15. The Balaban J connectivity index is 2.00. The number of H-pyrrole nitrogens is 1. The van der Waals surface area contributed by atoms with E-state index < -0.39 is 0 Å². The number of nitrogens with zero attached hydrogens (tertiary/aromatic N) is 4. The summed E-state index contributed by atoms with van der Waals surface area (Å²) in [6.07, 6.45) is 2.56. The van der Waals surface area contributed by atoms with Crippen LogP contribution in [-0.4, -0.2) is 27.0 Å². The fourth-order valence-electron chi connectivity index (χ4n) is 1.95. The van der Waals surface area contributed by atoms with E-state index in [0.717, 1.165) is 0 Å². The first-order valence-corrected chi connectivity index (χ1v) is 6.44. The lowest BCUT2D eigenvalue weighted by Gasteiger charge is -2.05. The molecular weight excluding hydrogens is 284 g/mol. The predicted octanol–water partition coefficient (Wildman–Crippen LogP) is 0.990. The molecule has 0 aromatic carbocycles. The van der Waals surface area contributed by atoms with E-state index in [4.69, 9.17) is 10.5 Å². The molecule has 110 valence electrons. The first-order valence-electron chi connectivity index (χ1n) is 6.44. The van der Waals surface area contributed by atoms with Crippen molar-refractivity contribution in [3.05, 3.63) is 35.3 Å². The highest BCUT2D eigenvalue weighted by atomic mass is 16.1. The number of anilines is 1. The van der Waals surface area contributed by atoms with Gasteiger partial charge in [0.2, 0.25) is 5.91 Å². The number of rotatable bonds is 6. The zero-order chi connectivity index (χ0) is 15.9. The Bertz CT molecular complexity index is 774. The fraction of sp³-hybridized carbons (Fsp3) is 0.214. The van der Waals surface area contributed by atoms with Crippen molar-refractivity contribution in [2.75, 3.05) is 5.32 Å². The van der Waals surface area contributed by atoms with E-state index in [1.54, 1.807) is 22.9 Å². The average Bonchev–Trinajstić information content (AvgIpc) is 3.12. The van der Waals surface area contributed by atoms with E-state index in [-0.39, 0.29) is 30.1 Å². The molecule has 0 aliphatic rings. The van der Waals surface area contributed by atoms with Gasteiger partial charge in [-0.15, -0.1) is 0 Å². The molecule has 0 fully saturated rings. The third-order valence-corrected chi connectivity index (χ3v) is 3.03. The van der Waals surface area contributed by atoms with Crippen molar-refractivity contribution in [1.82, 2.24) is 14.8 Å². The van der Waals surface area contributed by atoms with Crippen LogP contribution < -0.4 is 5.32 Å². The number of aromatic amines is 1. The maximum atomic E-state index is 11.9. The molecule has 0 aliphatic carbocycles. The molecule has 8 nitrogen and oxygen atoms in total. The summed E-state index contributed by atoms with van der Waals surface area (Å²) in [5, 5.41) is 26.6. The molecule has 2 aromatic rings. The number of nitrogens with one attached hydrogen (secondary N) is 2. The molecule has 22 heavy (non-hydrogen) atoms. The van der Waals surface area contributed by atoms with Crippen molar-refractivity contribution in [2.24, 2.45) is 0 Å². The number of aryl methyl sites for hydroxylation is 1. The highest BCUT2D eigenvalue weighted by molar-refractivity contribution is 5.91. The maximum Gasteiger partial charge on any atom is 0.227 e. The third-order valence-electron chi connectivity index (χ3n) is 3.03. The van der Waals surface area contributed by atoms with Crippen molar-refractivity contribution in [1.29, 1.82) is 10.5 Å². The molecule has 0 saturated carbocycles. The molecule has 2 aromatic heterocycles. The normalized spacial score (nSPS) is 9.73. The Kier molecular flexibility index (Phi) is 4.68. The minimum absolute atomic E-state index is 0.0117. The van der Waals surface area contributed by atoms with Crippen LogP contribution >= 0.6 is 0 Å². The Morgan fingerprint density at radius 1 is 1.50 bits per heavy atom. The molecular formula is C14H12N6O2. The smallest absolute Gasteiger partial charge is 0.227 e. The number of nitriles is 2. The van der Waals surface area contributed by atoms with Gasteiger partial charge in [-0.25, -0.2) is 0 Å². The molecule has 2 heterocycles. The molecule has 0 saturated heterocycles. The fourth-order valence-corrected chi connectivity index (χ4v) is 1.95. The van der Waals surface area contributed by atoms with Gasteiger partial charge in [0.25, 0.3) is 0 Å². The summed E-state index contributed by atoms with van der Waals surface area (Å²) in [5.41, 5.74) is 1.01. The van der Waals surface area contributed by atoms with Crippen LogP contribution in [0.15, 0.2) is 18.3 Å². The van der Waals surface area contributed by atoms with Gasteiger partial charge in [0.1, 0.15) is 11.6 Å².